The number of ether oxygens (including phenoxy) is 2. The van der Waals surface area contributed by atoms with Crippen molar-refractivity contribution in [3.63, 3.8) is 0 Å². The summed E-state index contributed by atoms with van der Waals surface area (Å²) in [5.74, 6) is -2.43. The highest BCUT2D eigenvalue weighted by molar-refractivity contribution is 5.86. The Labute approximate surface area is 203 Å². The van der Waals surface area contributed by atoms with Gasteiger partial charge in [-0.2, -0.15) is 0 Å². The number of nitrogens with one attached hydrogen (secondary N) is 1. The van der Waals surface area contributed by atoms with Crippen molar-refractivity contribution >= 4 is 23.9 Å². The van der Waals surface area contributed by atoms with Gasteiger partial charge in [0.2, 0.25) is 5.91 Å². The number of halogens is 1. The number of hydrogen-bond acceptors (Lipinski definition) is 7. The summed E-state index contributed by atoms with van der Waals surface area (Å²) in [7, 11) is 1.11. The highest BCUT2D eigenvalue weighted by atomic mass is 19.1. The van der Waals surface area contributed by atoms with Crippen LogP contribution in [0.2, 0.25) is 0 Å². The summed E-state index contributed by atoms with van der Waals surface area (Å²) in [6.45, 7) is 3.47. The fourth-order valence-corrected chi connectivity index (χ4v) is 5.27. The summed E-state index contributed by atoms with van der Waals surface area (Å²) < 4.78 is 24.2. The van der Waals surface area contributed by atoms with Crippen LogP contribution in [-0.2, 0) is 30.3 Å². The lowest BCUT2D eigenvalue weighted by atomic mass is 9.91. The lowest BCUT2D eigenvalue weighted by Crippen LogP contribution is -2.69. The molecule has 1 aromatic rings. The average molecular weight is 494 g/mol. The van der Waals surface area contributed by atoms with Crippen LogP contribution in [0.4, 0.5) is 9.18 Å². The van der Waals surface area contributed by atoms with Crippen LogP contribution in [0.5, 0.6) is 0 Å². The molecule has 0 aliphatic carbocycles. The number of methoxy groups -OCH3 is 1. The van der Waals surface area contributed by atoms with E-state index in [1.165, 1.54) is 30.0 Å². The summed E-state index contributed by atoms with van der Waals surface area (Å²) in [6, 6.07) is 3.65. The maximum atomic E-state index is 14.1. The molecule has 0 saturated carbocycles. The molecule has 2 N–H and O–H groups in total. The summed E-state index contributed by atoms with van der Waals surface area (Å²) in [4.78, 5) is 53.4. The second kappa shape index (κ2) is 11.0. The minimum atomic E-state index is -1.56. The Morgan fingerprint density at radius 1 is 1.31 bits per heavy atom. The molecule has 35 heavy (non-hydrogen) atoms. The van der Waals surface area contributed by atoms with Gasteiger partial charge in [-0.25, -0.2) is 14.0 Å². The van der Waals surface area contributed by atoms with Crippen LogP contribution in [0.1, 0.15) is 45.1 Å². The van der Waals surface area contributed by atoms with Crippen LogP contribution in [0.15, 0.2) is 24.3 Å². The SMILES string of the molecule is COC(=O)[C@@H]([C@@H](C)OC(C)=O)N(C(=O)O)[C@@]1(Cc2cccc(F)c2)CCCN1C(=O)[C@@H]1CCCN1. The minimum absolute atomic E-state index is 0.0597. The predicted molar refractivity (Wildman–Crippen MR) is 122 cm³/mol. The molecule has 1 aromatic carbocycles. The van der Waals surface area contributed by atoms with E-state index < -0.39 is 47.7 Å². The van der Waals surface area contributed by atoms with Crippen molar-refractivity contribution < 1.29 is 38.1 Å². The van der Waals surface area contributed by atoms with Gasteiger partial charge in [-0.3, -0.25) is 14.5 Å². The number of carboxylic acid groups (broad SMARTS) is 1. The third-order valence-corrected chi connectivity index (χ3v) is 6.63. The number of hydrogen-bond donors (Lipinski definition) is 2. The first-order valence-electron chi connectivity index (χ1n) is 11.7. The Bertz CT molecular complexity index is 968. The highest BCUT2D eigenvalue weighted by Gasteiger charge is 2.56. The van der Waals surface area contributed by atoms with E-state index in [-0.39, 0.29) is 25.3 Å². The van der Waals surface area contributed by atoms with Gasteiger partial charge in [0.1, 0.15) is 17.6 Å². The Morgan fingerprint density at radius 3 is 2.63 bits per heavy atom. The standard InChI is InChI=1S/C24H32FN3O7/c1-15(35-16(2)29)20(22(31)34-3)28(23(32)33)24(14-17-7-4-8-18(25)13-17)10-6-12-27(24)21(30)19-9-5-11-26-19/h4,7-8,13,15,19-20,26H,5-6,9-12,14H2,1-3H3,(H,32,33)/t15-,19+,20-,24-/m1/s1. The maximum absolute atomic E-state index is 14.1. The molecule has 2 heterocycles. The van der Waals surface area contributed by atoms with Crippen LogP contribution in [-0.4, -0.2) is 82.9 Å². The number of amides is 2. The van der Waals surface area contributed by atoms with E-state index in [1.807, 2.05) is 0 Å². The second-order valence-corrected chi connectivity index (χ2v) is 8.97. The van der Waals surface area contributed by atoms with Crippen molar-refractivity contribution in [2.24, 2.45) is 0 Å². The second-order valence-electron chi connectivity index (χ2n) is 8.97. The van der Waals surface area contributed by atoms with Crippen LogP contribution in [0.3, 0.4) is 0 Å². The molecule has 0 radical (unpaired) electrons. The van der Waals surface area contributed by atoms with E-state index in [0.29, 0.717) is 24.9 Å². The third kappa shape index (κ3) is 5.55. The largest absolute Gasteiger partial charge is 0.467 e. The summed E-state index contributed by atoms with van der Waals surface area (Å²) in [6.07, 6.45) is -0.684. The topological polar surface area (TPSA) is 125 Å². The van der Waals surface area contributed by atoms with E-state index in [9.17, 15) is 28.7 Å². The van der Waals surface area contributed by atoms with Crippen LogP contribution in [0.25, 0.3) is 0 Å². The van der Waals surface area contributed by atoms with Gasteiger partial charge in [0, 0.05) is 19.9 Å². The van der Waals surface area contributed by atoms with Crippen molar-refractivity contribution in [3.8, 4) is 0 Å². The van der Waals surface area contributed by atoms with Gasteiger partial charge < -0.3 is 24.8 Å². The van der Waals surface area contributed by atoms with E-state index in [2.05, 4.69) is 5.32 Å². The Morgan fingerprint density at radius 2 is 2.06 bits per heavy atom. The van der Waals surface area contributed by atoms with E-state index in [4.69, 9.17) is 9.47 Å². The molecule has 10 nitrogen and oxygen atoms in total. The number of benzene rings is 1. The summed E-state index contributed by atoms with van der Waals surface area (Å²) in [5.41, 5.74) is -1.08. The maximum Gasteiger partial charge on any atom is 0.410 e. The van der Waals surface area contributed by atoms with E-state index in [0.717, 1.165) is 25.4 Å². The molecule has 0 bridgehead atoms. The zero-order chi connectivity index (χ0) is 25.8. The first kappa shape index (κ1) is 26.4. The van der Waals surface area contributed by atoms with E-state index in [1.54, 1.807) is 6.07 Å². The van der Waals surface area contributed by atoms with Crippen LogP contribution < -0.4 is 5.32 Å². The molecule has 2 saturated heterocycles. The van der Waals surface area contributed by atoms with Crippen molar-refractivity contribution in [2.75, 3.05) is 20.2 Å². The molecular weight excluding hydrogens is 461 g/mol. The summed E-state index contributed by atoms with van der Waals surface area (Å²) >= 11 is 0. The normalized spacial score (nSPS) is 23.4. The Balaban J connectivity index is 2.16. The molecule has 192 valence electrons. The molecule has 2 aliphatic rings. The minimum Gasteiger partial charge on any atom is -0.467 e. The van der Waals surface area contributed by atoms with Crippen molar-refractivity contribution in [1.29, 1.82) is 0 Å². The fraction of sp³-hybridized carbons (Fsp3) is 0.583. The molecule has 0 spiro atoms. The lowest BCUT2D eigenvalue weighted by Gasteiger charge is -2.49. The number of nitrogens with zero attached hydrogens (tertiary/aromatic N) is 2. The molecule has 2 fully saturated rings. The molecule has 11 heteroatoms. The van der Waals surface area contributed by atoms with Crippen LogP contribution >= 0.6 is 0 Å². The predicted octanol–water partition coefficient (Wildman–Crippen LogP) is 1.91. The van der Waals surface area contributed by atoms with Gasteiger partial charge in [0.05, 0.1) is 13.2 Å². The first-order chi connectivity index (χ1) is 16.6. The third-order valence-electron chi connectivity index (χ3n) is 6.63. The number of carbonyl (C=O) groups is 4. The van der Waals surface area contributed by atoms with Gasteiger partial charge in [0.15, 0.2) is 6.04 Å². The average Bonchev–Trinajstić information content (AvgIpc) is 3.46. The zero-order valence-corrected chi connectivity index (χ0v) is 20.2. The van der Waals surface area contributed by atoms with Crippen molar-refractivity contribution in [3.05, 3.63) is 35.6 Å². The lowest BCUT2D eigenvalue weighted by molar-refractivity contribution is -0.170. The molecular formula is C24H32FN3O7. The quantitative estimate of drug-likeness (QED) is 0.526. The van der Waals surface area contributed by atoms with Gasteiger partial charge in [0.25, 0.3) is 0 Å². The van der Waals surface area contributed by atoms with Gasteiger partial charge in [-0.15, -0.1) is 0 Å². The smallest absolute Gasteiger partial charge is 0.410 e. The number of esters is 2. The Hall–Kier alpha value is -3.21. The van der Waals surface area contributed by atoms with Gasteiger partial charge in [-0.05, 0) is 56.8 Å². The molecule has 0 unspecified atom stereocenters. The molecule has 4 atom stereocenters. The molecule has 2 aliphatic heterocycles. The monoisotopic (exact) mass is 493 g/mol. The van der Waals surface area contributed by atoms with Crippen molar-refractivity contribution in [2.45, 2.75) is 69.8 Å². The Kier molecular flexibility index (Phi) is 8.31. The zero-order valence-electron chi connectivity index (χ0n) is 20.2. The summed E-state index contributed by atoms with van der Waals surface area (Å²) in [5, 5.41) is 13.6. The molecule has 3 rings (SSSR count). The van der Waals surface area contributed by atoms with Crippen LogP contribution in [0, 0.1) is 5.82 Å². The molecule has 2 amide bonds. The highest BCUT2D eigenvalue weighted by Crippen LogP contribution is 2.40. The fourth-order valence-electron chi connectivity index (χ4n) is 5.27. The van der Waals surface area contributed by atoms with Crippen molar-refractivity contribution in [1.82, 2.24) is 15.1 Å². The van der Waals surface area contributed by atoms with Gasteiger partial charge >= 0.3 is 18.0 Å². The number of likely N-dealkylation sites (tertiary alicyclic amines) is 1. The first-order valence-corrected chi connectivity index (χ1v) is 11.7. The number of carbonyl (C=O) groups excluding carboxylic acids is 3. The van der Waals surface area contributed by atoms with Gasteiger partial charge in [-0.1, -0.05) is 12.1 Å². The van der Waals surface area contributed by atoms with E-state index >= 15 is 0 Å². The molecule has 0 aromatic heterocycles. The number of rotatable bonds is 8.